The second-order valence-electron chi connectivity index (χ2n) is 26.0. The molecular weight excluding hydrogens is 983 g/mol. The highest BCUT2D eigenvalue weighted by Gasteiger charge is 2.20. The van der Waals surface area contributed by atoms with Gasteiger partial charge in [-0.1, -0.05) is 399 Å². The van der Waals surface area contributed by atoms with Crippen molar-refractivity contribution in [2.24, 2.45) is 0 Å². The van der Waals surface area contributed by atoms with Gasteiger partial charge in [-0.2, -0.15) is 0 Å². The van der Waals surface area contributed by atoms with Crippen LogP contribution in [0.5, 0.6) is 0 Å². The van der Waals surface area contributed by atoms with Crippen LogP contribution in [0.4, 0.5) is 0 Å². The molecule has 0 saturated heterocycles. The van der Waals surface area contributed by atoms with E-state index in [1.165, 1.54) is 366 Å². The van der Waals surface area contributed by atoms with Crippen LogP contribution in [0.3, 0.4) is 0 Å². The Morgan fingerprint density at radius 3 is 0.762 bits per heavy atom. The topological polar surface area (TPSA) is 95.9 Å². The third kappa shape index (κ3) is 66.0. The molecule has 0 rings (SSSR count). The number of hydrogen-bond donors (Lipinski definition) is 3. The number of carbonyl (C=O) groups is 2. The van der Waals surface area contributed by atoms with Gasteiger partial charge in [0, 0.05) is 12.8 Å². The number of ether oxygens (including phenoxy) is 1. The first-order valence-electron chi connectivity index (χ1n) is 37.3. The molecule has 0 aromatic heterocycles. The van der Waals surface area contributed by atoms with Gasteiger partial charge in [0.05, 0.1) is 25.4 Å². The van der Waals surface area contributed by atoms with Crippen molar-refractivity contribution in [3.05, 3.63) is 0 Å². The fraction of sp³-hybridized carbons (Fsp3) is 0.973. The SMILES string of the molecule is CCCCCCCCCCCCCCCCCCCCCCCCCCC(O)C(CO)NC(=O)CCCCCCCCCCCCCCCCCCCCCCCCCCCCCCOC(=O)CCCCCCCCCCCCC. The molecule has 2 atom stereocenters. The molecule has 6 heteroatoms. The van der Waals surface area contributed by atoms with Crippen LogP contribution in [-0.2, 0) is 14.3 Å². The summed E-state index contributed by atoms with van der Waals surface area (Å²) in [4.78, 5) is 24.6. The fourth-order valence-corrected chi connectivity index (χ4v) is 12.2. The number of amides is 1. The van der Waals surface area contributed by atoms with E-state index < -0.39 is 12.1 Å². The molecule has 6 nitrogen and oxygen atoms in total. The van der Waals surface area contributed by atoms with E-state index in [0.717, 1.165) is 38.5 Å². The minimum atomic E-state index is -0.662. The number of rotatable bonds is 71. The number of aliphatic hydroxyl groups is 2. The molecule has 0 radical (unpaired) electrons. The molecule has 0 fully saturated rings. The lowest BCUT2D eigenvalue weighted by Gasteiger charge is -2.22. The Bertz CT molecular complexity index is 1160. The van der Waals surface area contributed by atoms with Crippen LogP contribution in [0, 0.1) is 0 Å². The van der Waals surface area contributed by atoms with Crippen molar-refractivity contribution in [3.8, 4) is 0 Å². The number of esters is 1. The van der Waals surface area contributed by atoms with E-state index in [2.05, 4.69) is 19.2 Å². The Morgan fingerprint density at radius 1 is 0.300 bits per heavy atom. The van der Waals surface area contributed by atoms with Crippen LogP contribution < -0.4 is 5.32 Å². The van der Waals surface area contributed by atoms with Gasteiger partial charge >= 0.3 is 5.97 Å². The van der Waals surface area contributed by atoms with Crippen molar-refractivity contribution < 1.29 is 24.5 Å². The van der Waals surface area contributed by atoms with Gasteiger partial charge in [0.2, 0.25) is 5.91 Å². The van der Waals surface area contributed by atoms with Crippen LogP contribution in [-0.4, -0.2) is 47.4 Å². The number of nitrogens with one attached hydrogen (secondary N) is 1. The van der Waals surface area contributed by atoms with Crippen LogP contribution >= 0.6 is 0 Å². The molecule has 80 heavy (non-hydrogen) atoms. The van der Waals surface area contributed by atoms with E-state index in [0.29, 0.717) is 25.9 Å². The molecule has 0 aromatic rings. The highest BCUT2D eigenvalue weighted by atomic mass is 16.5. The molecule has 478 valence electrons. The average Bonchev–Trinajstić information content (AvgIpc) is 3.46. The molecule has 0 bridgehead atoms. The molecule has 0 aromatic carbocycles. The first-order chi connectivity index (χ1) is 39.5. The molecule has 2 unspecified atom stereocenters. The van der Waals surface area contributed by atoms with Gasteiger partial charge in [-0.3, -0.25) is 9.59 Å². The standard InChI is InChI=1S/C74H147NO5/c1-3-5-7-9-11-13-15-16-17-18-19-20-21-28-31-34-37-40-43-47-50-54-58-62-66-72(77)71(70-76)75-73(78)67-63-59-55-51-48-44-41-38-35-32-29-26-24-22-23-25-27-30-33-36-39-42-45-49-53-57-61-65-69-80-74(79)68-64-60-56-52-46-14-12-10-8-6-4-2/h71-72,76-77H,3-70H2,1-2H3,(H,75,78). The minimum absolute atomic E-state index is 0.0199. The maximum Gasteiger partial charge on any atom is 0.305 e. The number of carbonyl (C=O) groups excluding carboxylic acids is 2. The van der Waals surface area contributed by atoms with Gasteiger partial charge in [-0.15, -0.1) is 0 Å². The van der Waals surface area contributed by atoms with E-state index in [4.69, 9.17) is 4.74 Å². The highest BCUT2D eigenvalue weighted by molar-refractivity contribution is 5.76. The zero-order valence-corrected chi connectivity index (χ0v) is 54.9. The first-order valence-corrected chi connectivity index (χ1v) is 37.3. The summed E-state index contributed by atoms with van der Waals surface area (Å²) in [5, 5.41) is 23.5. The van der Waals surface area contributed by atoms with E-state index >= 15 is 0 Å². The predicted molar refractivity (Wildman–Crippen MR) is 352 cm³/mol. The second kappa shape index (κ2) is 70.3. The Kier molecular flexibility index (Phi) is 69.3. The van der Waals surface area contributed by atoms with Crippen molar-refractivity contribution in [2.45, 2.75) is 450 Å². The summed E-state index contributed by atoms with van der Waals surface area (Å²) in [5.41, 5.74) is 0. The van der Waals surface area contributed by atoms with E-state index in [-0.39, 0.29) is 18.5 Å². The molecule has 0 heterocycles. The maximum atomic E-state index is 12.6. The number of unbranched alkanes of at least 4 members (excludes halogenated alkanes) is 60. The van der Waals surface area contributed by atoms with E-state index in [1.807, 2.05) is 0 Å². The van der Waals surface area contributed by atoms with Gasteiger partial charge in [0.15, 0.2) is 0 Å². The van der Waals surface area contributed by atoms with Gasteiger partial charge in [-0.05, 0) is 25.7 Å². The molecule has 0 aliphatic carbocycles. The lowest BCUT2D eigenvalue weighted by Crippen LogP contribution is -2.45. The Balaban J connectivity index is 3.34. The third-order valence-corrected chi connectivity index (χ3v) is 17.9. The third-order valence-electron chi connectivity index (χ3n) is 17.9. The van der Waals surface area contributed by atoms with Crippen molar-refractivity contribution >= 4 is 11.9 Å². The molecule has 3 N–H and O–H groups in total. The summed E-state index contributed by atoms with van der Waals surface area (Å²) in [5.74, 6) is -0.00566. The quantitative estimate of drug-likeness (QED) is 0.0417. The number of hydrogen-bond acceptors (Lipinski definition) is 5. The second-order valence-corrected chi connectivity index (χ2v) is 26.0. The van der Waals surface area contributed by atoms with Crippen molar-refractivity contribution in [3.63, 3.8) is 0 Å². The van der Waals surface area contributed by atoms with E-state index in [9.17, 15) is 19.8 Å². The van der Waals surface area contributed by atoms with Crippen molar-refractivity contribution in [1.29, 1.82) is 0 Å². The maximum absolute atomic E-state index is 12.6. The summed E-state index contributed by atoms with van der Waals surface area (Å²) in [6, 6.07) is -0.539. The Labute approximate surface area is 502 Å². The predicted octanol–water partition coefficient (Wildman–Crippen LogP) is 24.2. The average molecular weight is 1130 g/mol. The molecule has 0 aliphatic rings. The van der Waals surface area contributed by atoms with Crippen LogP contribution in [0.2, 0.25) is 0 Å². The number of aliphatic hydroxyl groups excluding tert-OH is 2. The molecule has 0 spiro atoms. The Morgan fingerprint density at radius 2 is 0.512 bits per heavy atom. The van der Waals surface area contributed by atoms with Crippen LogP contribution in [0.25, 0.3) is 0 Å². The summed E-state index contributed by atoms with van der Waals surface area (Å²) in [6.45, 7) is 5.00. The van der Waals surface area contributed by atoms with Gasteiger partial charge < -0.3 is 20.3 Å². The molecular formula is C74H147NO5. The van der Waals surface area contributed by atoms with Crippen LogP contribution in [0.1, 0.15) is 438 Å². The zero-order valence-electron chi connectivity index (χ0n) is 54.9. The largest absolute Gasteiger partial charge is 0.466 e. The normalized spacial score (nSPS) is 12.4. The Hall–Kier alpha value is -1.14. The monoisotopic (exact) mass is 1130 g/mol. The highest BCUT2D eigenvalue weighted by Crippen LogP contribution is 2.20. The smallest absolute Gasteiger partial charge is 0.305 e. The zero-order chi connectivity index (χ0) is 57.8. The molecule has 0 aliphatic heterocycles. The van der Waals surface area contributed by atoms with Gasteiger partial charge in [0.25, 0.3) is 0 Å². The first kappa shape index (κ1) is 78.9. The summed E-state index contributed by atoms with van der Waals surface area (Å²) >= 11 is 0. The van der Waals surface area contributed by atoms with E-state index in [1.54, 1.807) is 0 Å². The van der Waals surface area contributed by atoms with Crippen LogP contribution in [0.15, 0.2) is 0 Å². The minimum Gasteiger partial charge on any atom is -0.466 e. The molecule has 1 amide bonds. The summed E-state index contributed by atoms with van der Waals surface area (Å²) in [6.07, 6.45) is 86.0. The van der Waals surface area contributed by atoms with Gasteiger partial charge in [-0.25, -0.2) is 0 Å². The summed E-state index contributed by atoms with van der Waals surface area (Å²) < 4.78 is 5.48. The fourth-order valence-electron chi connectivity index (χ4n) is 12.2. The lowest BCUT2D eigenvalue weighted by molar-refractivity contribution is -0.143. The lowest BCUT2D eigenvalue weighted by atomic mass is 10.0. The van der Waals surface area contributed by atoms with Crippen molar-refractivity contribution in [1.82, 2.24) is 5.32 Å². The van der Waals surface area contributed by atoms with Crippen molar-refractivity contribution in [2.75, 3.05) is 13.2 Å². The molecule has 0 saturated carbocycles. The van der Waals surface area contributed by atoms with Gasteiger partial charge in [0.1, 0.15) is 0 Å². The summed E-state index contributed by atoms with van der Waals surface area (Å²) in [7, 11) is 0.